The second-order valence-electron chi connectivity index (χ2n) is 17.5. The first-order chi connectivity index (χ1) is 25.3. The molecule has 2 aromatic carbocycles. The molecule has 2 unspecified atom stereocenters. The maximum absolute atomic E-state index is 14.2. The van der Waals surface area contributed by atoms with Crippen LogP contribution in [0.4, 0.5) is 0 Å². The fraction of sp³-hybridized carbons (Fsp3) is 0.674. The van der Waals surface area contributed by atoms with Crippen LogP contribution in [0.15, 0.2) is 42.5 Å². The molecule has 53 heavy (non-hydrogen) atoms. The summed E-state index contributed by atoms with van der Waals surface area (Å²) in [5.74, 6) is 1.86. The number of benzene rings is 2. The van der Waals surface area contributed by atoms with E-state index in [9.17, 15) is 19.8 Å². The summed E-state index contributed by atoms with van der Waals surface area (Å²) in [6.45, 7) is 9.25. The molecule has 1 aliphatic heterocycles. The summed E-state index contributed by atoms with van der Waals surface area (Å²) >= 11 is 0. The monoisotopic (exact) mass is 732 g/mol. The normalized spacial score (nSPS) is 29.7. The Labute approximate surface area is 316 Å². The lowest BCUT2D eigenvalue weighted by Gasteiger charge is -2.62. The number of aliphatic hydroxyl groups excluding tert-OH is 2. The molecule has 10 heteroatoms. The van der Waals surface area contributed by atoms with Crippen LogP contribution in [0.3, 0.4) is 0 Å². The lowest BCUT2D eigenvalue weighted by Crippen LogP contribution is -2.62. The van der Waals surface area contributed by atoms with Crippen LogP contribution in [-0.4, -0.2) is 96.7 Å². The number of aliphatic hydroxyl groups is 2. The van der Waals surface area contributed by atoms with Crippen molar-refractivity contribution in [3.8, 4) is 16.9 Å². The lowest BCUT2D eigenvalue weighted by molar-refractivity contribution is -0.183. The van der Waals surface area contributed by atoms with Crippen molar-refractivity contribution < 1.29 is 29.4 Å². The van der Waals surface area contributed by atoms with Crippen LogP contribution in [0.5, 0.6) is 5.75 Å². The van der Waals surface area contributed by atoms with E-state index < -0.39 is 24.2 Å². The van der Waals surface area contributed by atoms with Gasteiger partial charge in [0, 0.05) is 41.2 Å². The Kier molecular flexibility index (Phi) is 12.6. The van der Waals surface area contributed by atoms with Gasteiger partial charge in [0.1, 0.15) is 17.9 Å². The Morgan fingerprint density at radius 1 is 1.09 bits per heavy atom. The number of likely N-dealkylation sites (N-methyl/N-ethyl adjacent to an activating group) is 1. The number of nitrogens with one attached hydrogen (secondary N) is 2. The summed E-state index contributed by atoms with van der Waals surface area (Å²) in [4.78, 5) is 36.3. The van der Waals surface area contributed by atoms with Crippen LogP contribution in [0.25, 0.3) is 11.1 Å². The molecule has 0 aromatic heterocycles. The summed E-state index contributed by atoms with van der Waals surface area (Å²) in [6.07, 6.45) is 7.85. The molecule has 2 bridgehead atoms. The van der Waals surface area contributed by atoms with Crippen LogP contribution in [0.1, 0.15) is 95.0 Å². The van der Waals surface area contributed by atoms with Gasteiger partial charge in [-0.2, -0.15) is 5.06 Å². The number of hydrogen-bond donors (Lipinski definition) is 4. The van der Waals surface area contributed by atoms with Gasteiger partial charge in [0.05, 0.1) is 26.4 Å². The molecule has 0 spiro atoms. The number of hydroxylamine groups is 2. The fourth-order valence-electron chi connectivity index (χ4n) is 10.4. The minimum absolute atomic E-state index is 0.0525. The van der Waals surface area contributed by atoms with Crippen molar-refractivity contribution in [3.63, 3.8) is 0 Å². The van der Waals surface area contributed by atoms with Gasteiger partial charge < -0.3 is 30.5 Å². The van der Waals surface area contributed by atoms with Crippen molar-refractivity contribution in [1.29, 1.82) is 0 Å². The smallest absolute Gasteiger partial charge is 0.251 e. The first-order valence-electron chi connectivity index (χ1n) is 20.1. The minimum atomic E-state index is -0.883. The molecule has 10 nitrogen and oxygen atoms in total. The molecule has 1 saturated heterocycles. The number of nitrogens with zero attached hydrogens (tertiary/aromatic N) is 2. The van der Waals surface area contributed by atoms with Crippen LogP contribution in [0, 0.1) is 35.0 Å². The fourth-order valence-corrected chi connectivity index (χ4v) is 10.4. The Morgan fingerprint density at radius 2 is 1.83 bits per heavy atom. The van der Waals surface area contributed by atoms with Gasteiger partial charge in [0.15, 0.2) is 0 Å². The molecule has 4 aliphatic carbocycles. The molecule has 5 aliphatic rings. The van der Waals surface area contributed by atoms with Crippen LogP contribution in [0.2, 0.25) is 0 Å². The number of hydrogen-bond acceptors (Lipinski definition) is 8. The highest BCUT2D eigenvalue weighted by Gasteiger charge is 2.57. The number of ether oxygens (including phenoxy) is 1. The van der Waals surface area contributed by atoms with E-state index >= 15 is 0 Å². The highest BCUT2D eigenvalue weighted by molar-refractivity contribution is 5.96. The summed E-state index contributed by atoms with van der Waals surface area (Å²) < 4.78 is 6.04. The highest BCUT2D eigenvalue weighted by atomic mass is 16.7. The summed E-state index contributed by atoms with van der Waals surface area (Å²) in [7, 11) is 5.73. The third kappa shape index (κ3) is 8.47. The zero-order valence-electron chi connectivity index (χ0n) is 33.0. The molecule has 5 fully saturated rings. The van der Waals surface area contributed by atoms with E-state index in [1.165, 1.54) is 38.5 Å². The summed E-state index contributed by atoms with van der Waals surface area (Å²) in [5.41, 5.74) is 3.32. The van der Waals surface area contributed by atoms with Crippen LogP contribution >= 0.6 is 0 Å². The Bertz CT molecular complexity index is 1570. The van der Waals surface area contributed by atoms with Gasteiger partial charge in [-0.3, -0.25) is 14.4 Å². The standard InChI is InChI=1S/C43H64N4O6/c1-26-35-21-32(43(35,3)4)22-36(26)45-42(51)39-38(27(2)49)37(25-48)53-47(39)23-31-17-12-18-34(40(31)52-7)29-15-11-16-30(20-29)41(50)44-33(24-46(5)6)19-28-13-9-8-10-14-28/h11-12,15-18,20,26-28,32-33,35-39,48-49H,8-10,13-14,19,21-25H2,1-7H3,(H,44,50)(H,45,51)/t26-,27?,32+,33+,35-,36-,37-,38?,39-/m0/s1. The number of carbonyl (C=O) groups is 2. The third-order valence-corrected chi connectivity index (χ3v) is 13.4. The van der Waals surface area contributed by atoms with Crippen LogP contribution < -0.4 is 15.4 Å². The first-order valence-corrected chi connectivity index (χ1v) is 20.1. The van der Waals surface area contributed by atoms with E-state index in [-0.39, 0.29) is 37.0 Å². The molecule has 2 amide bonds. The molecule has 2 aromatic rings. The average molecular weight is 733 g/mol. The number of para-hydroxylation sites is 1. The third-order valence-electron chi connectivity index (χ3n) is 13.4. The van der Waals surface area contributed by atoms with Gasteiger partial charge in [0.2, 0.25) is 5.91 Å². The maximum atomic E-state index is 14.2. The van der Waals surface area contributed by atoms with Crippen molar-refractivity contribution >= 4 is 11.8 Å². The topological polar surface area (TPSA) is 124 Å². The lowest BCUT2D eigenvalue weighted by atomic mass is 9.45. The molecular weight excluding hydrogens is 668 g/mol. The van der Waals surface area contributed by atoms with E-state index in [4.69, 9.17) is 9.57 Å². The Morgan fingerprint density at radius 3 is 2.47 bits per heavy atom. The van der Waals surface area contributed by atoms with Gasteiger partial charge in [-0.1, -0.05) is 83.2 Å². The van der Waals surface area contributed by atoms with Crippen molar-refractivity contribution in [2.45, 2.75) is 116 Å². The van der Waals surface area contributed by atoms with Crippen molar-refractivity contribution in [1.82, 2.24) is 20.6 Å². The maximum Gasteiger partial charge on any atom is 0.251 e. The SMILES string of the molecule is COc1c(CN2O[C@@H](CO)C(C(C)O)[C@H]2C(=O)N[C@H]2C[C@H]3C[C@@H]([C@@H]2C)C3(C)C)cccc1-c1cccc(C(=O)N[C@H](CC2CCCCC2)CN(C)C)c1. The van der Waals surface area contributed by atoms with E-state index in [0.717, 1.165) is 36.1 Å². The summed E-state index contributed by atoms with van der Waals surface area (Å²) in [6, 6.07) is 12.8. The van der Waals surface area contributed by atoms with E-state index in [1.807, 2.05) is 42.5 Å². The predicted octanol–water partition coefficient (Wildman–Crippen LogP) is 5.65. The predicted molar refractivity (Wildman–Crippen MR) is 207 cm³/mol. The number of amides is 2. The summed E-state index contributed by atoms with van der Waals surface area (Å²) in [5, 5.41) is 29.6. The zero-order chi connectivity index (χ0) is 38.0. The molecule has 0 radical (unpaired) electrons. The van der Waals surface area contributed by atoms with Gasteiger partial charge >= 0.3 is 0 Å². The van der Waals surface area contributed by atoms with Gasteiger partial charge in [-0.05, 0) is 87.1 Å². The van der Waals surface area contributed by atoms with Gasteiger partial charge in [-0.25, -0.2) is 0 Å². The number of rotatable bonds is 14. The molecular formula is C43H64N4O6. The van der Waals surface area contributed by atoms with Crippen molar-refractivity contribution in [2.75, 3.05) is 34.4 Å². The average Bonchev–Trinajstić information content (AvgIpc) is 3.51. The first kappa shape index (κ1) is 39.7. The molecule has 1 heterocycles. The van der Waals surface area contributed by atoms with E-state index in [1.54, 1.807) is 19.1 Å². The van der Waals surface area contributed by atoms with E-state index in [0.29, 0.717) is 40.4 Å². The Hall–Kier alpha value is -3.02. The second-order valence-corrected chi connectivity index (χ2v) is 17.5. The molecule has 4 N–H and O–H groups in total. The quantitative estimate of drug-likeness (QED) is 0.197. The van der Waals surface area contributed by atoms with E-state index in [2.05, 4.69) is 50.4 Å². The van der Waals surface area contributed by atoms with Crippen molar-refractivity contribution in [3.05, 3.63) is 53.6 Å². The molecule has 7 rings (SSSR count). The second kappa shape index (κ2) is 16.8. The highest BCUT2D eigenvalue weighted by Crippen LogP contribution is 2.61. The zero-order valence-corrected chi connectivity index (χ0v) is 33.0. The van der Waals surface area contributed by atoms with Gasteiger partial charge in [-0.15, -0.1) is 0 Å². The molecule has 4 saturated carbocycles. The minimum Gasteiger partial charge on any atom is -0.496 e. The Balaban J connectivity index is 1.21. The molecule has 292 valence electrons. The van der Waals surface area contributed by atoms with Crippen molar-refractivity contribution in [2.24, 2.45) is 35.0 Å². The number of methoxy groups -OCH3 is 1. The number of carbonyl (C=O) groups excluding carboxylic acids is 2. The van der Waals surface area contributed by atoms with Gasteiger partial charge in [0.25, 0.3) is 5.91 Å². The van der Waals surface area contributed by atoms with Crippen LogP contribution in [-0.2, 0) is 16.2 Å². The number of fused-ring (bicyclic) bond motifs is 2. The molecule has 9 atom stereocenters. The largest absolute Gasteiger partial charge is 0.496 e.